The number of halogens is 1. The largest absolute Gasteiger partial charge is 0.481 e. The zero-order valence-corrected chi connectivity index (χ0v) is 10.3. The van der Waals surface area contributed by atoms with Crippen LogP contribution in [0, 0.1) is 0 Å². The summed E-state index contributed by atoms with van der Waals surface area (Å²) in [6.07, 6.45) is 3.84. The Hall–Kier alpha value is -1.46. The van der Waals surface area contributed by atoms with E-state index in [4.69, 9.17) is 16.7 Å². The van der Waals surface area contributed by atoms with Gasteiger partial charge in [0.15, 0.2) is 0 Å². The Kier molecular flexibility index (Phi) is 3.71. The number of aromatic nitrogens is 2. The van der Waals surface area contributed by atoms with Crippen LogP contribution >= 0.6 is 22.9 Å². The van der Waals surface area contributed by atoms with Crippen LogP contribution in [0.5, 0.6) is 0 Å². The van der Waals surface area contributed by atoms with E-state index < -0.39 is 5.97 Å². The van der Waals surface area contributed by atoms with Crippen molar-refractivity contribution in [3.8, 4) is 10.6 Å². The normalized spacial score (nSPS) is 10.4. The van der Waals surface area contributed by atoms with E-state index in [0.29, 0.717) is 11.6 Å². The molecule has 0 aliphatic carbocycles. The molecule has 0 spiro atoms. The first-order valence-corrected chi connectivity index (χ1v) is 6.13. The third kappa shape index (κ3) is 3.01. The van der Waals surface area contributed by atoms with E-state index in [2.05, 4.69) is 9.97 Å². The molecule has 0 aliphatic rings. The summed E-state index contributed by atoms with van der Waals surface area (Å²) in [5.41, 5.74) is 0.938. The lowest BCUT2D eigenvalue weighted by atomic mass is 10.3. The van der Waals surface area contributed by atoms with E-state index in [0.717, 1.165) is 15.4 Å². The predicted molar refractivity (Wildman–Crippen MR) is 66.3 cm³/mol. The fourth-order valence-electron chi connectivity index (χ4n) is 1.33. The van der Waals surface area contributed by atoms with Gasteiger partial charge in [0, 0.05) is 22.8 Å². The Balaban J connectivity index is 2.22. The fraction of sp³-hybridized carbons (Fsp3) is 0.182. The van der Waals surface area contributed by atoms with Crippen molar-refractivity contribution in [2.45, 2.75) is 12.8 Å². The van der Waals surface area contributed by atoms with Crippen molar-refractivity contribution in [1.82, 2.24) is 9.97 Å². The first-order chi connectivity index (χ1) is 8.16. The van der Waals surface area contributed by atoms with Gasteiger partial charge in [0.25, 0.3) is 0 Å². The van der Waals surface area contributed by atoms with Crippen molar-refractivity contribution in [2.24, 2.45) is 0 Å². The van der Waals surface area contributed by atoms with Crippen LogP contribution in [0.2, 0.25) is 5.15 Å². The van der Waals surface area contributed by atoms with Gasteiger partial charge in [0.05, 0.1) is 6.42 Å². The minimum atomic E-state index is -0.833. The van der Waals surface area contributed by atoms with Crippen molar-refractivity contribution in [1.29, 1.82) is 0 Å². The third-order valence-corrected chi connectivity index (χ3v) is 3.73. The minimum Gasteiger partial charge on any atom is -0.481 e. The number of rotatable bonds is 4. The van der Waals surface area contributed by atoms with Gasteiger partial charge in [-0.05, 0) is 18.6 Å². The van der Waals surface area contributed by atoms with Crippen LogP contribution in [0.1, 0.15) is 11.3 Å². The summed E-state index contributed by atoms with van der Waals surface area (Å²) in [5.74, 6) is -0.833. The van der Waals surface area contributed by atoms with E-state index in [-0.39, 0.29) is 6.42 Å². The number of nitrogens with zero attached hydrogens (tertiary/aromatic N) is 2. The highest BCUT2D eigenvalue weighted by Gasteiger charge is 2.11. The van der Waals surface area contributed by atoms with E-state index >= 15 is 0 Å². The van der Waals surface area contributed by atoms with Gasteiger partial charge in [-0.2, -0.15) is 0 Å². The molecule has 0 radical (unpaired) electrons. The number of carbonyl (C=O) groups is 1. The van der Waals surface area contributed by atoms with Gasteiger partial charge in [-0.15, -0.1) is 11.3 Å². The number of aryl methyl sites for hydroxylation is 1. The Labute approximate surface area is 107 Å². The molecular formula is C11H9ClN2O2S. The number of carboxylic acid groups (broad SMARTS) is 1. The van der Waals surface area contributed by atoms with Gasteiger partial charge in [0.1, 0.15) is 10.2 Å². The SMILES string of the molecule is O=C(O)CCc1sc(-c2ccncc2)nc1Cl. The Morgan fingerprint density at radius 1 is 1.41 bits per heavy atom. The zero-order valence-electron chi connectivity index (χ0n) is 8.76. The second-order valence-electron chi connectivity index (χ2n) is 3.36. The zero-order chi connectivity index (χ0) is 12.3. The maximum atomic E-state index is 10.5. The molecule has 2 aromatic heterocycles. The highest BCUT2D eigenvalue weighted by Crippen LogP contribution is 2.31. The highest BCUT2D eigenvalue weighted by atomic mass is 35.5. The molecule has 2 rings (SSSR count). The van der Waals surface area contributed by atoms with E-state index in [1.807, 2.05) is 12.1 Å². The number of hydrogen-bond acceptors (Lipinski definition) is 4. The van der Waals surface area contributed by atoms with Crippen molar-refractivity contribution < 1.29 is 9.90 Å². The molecule has 0 aliphatic heterocycles. The first-order valence-electron chi connectivity index (χ1n) is 4.94. The Morgan fingerprint density at radius 2 is 2.12 bits per heavy atom. The van der Waals surface area contributed by atoms with Gasteiger partial charge >= 0.3 is 5.97 Å². The molecular weight excluding hydrogens is 260 g/mol. The van der Waals surface area contributed by atoms with Crippen LogP contribution < -0.4 is 0 Å². The van der Waals surface area contributed by atoms with Crippen molar-refractivity contribution >= 4 is 28.9 Å². The van der Waals surface area contributed by atoms with E-state index in [1.165, 1.54) is 11.3 Å². The van der Waals surface area contributed by atoms with E-state index in [1.54, 1.807) is 12.4 Å². The molecule has 2 heterocycles. The Bertz CT molecular complexity index is 528. The number of hydrogen-bond donors (Lipinski definition) is 1. The van der Waals surface area contributed by atoms with Crippen molar-refractivity contribution in [2.75, 3.05) is 0 Å². The molecule has 2 aromatic rings. The van der Waals surface area contributed by atoms with Crippen LogP contribution in [0.15, 0.2) is 24.5 Å². The quantitative estimate of drug-likeness (QED) is 0.926. The van der Waals surface area contributed by atoms with Gasteiger partial charge in [-0.1, -0.05) is 11.6 Å². The standard InChI is InChI=1S/C11H9ClN2O2S/c12-10-8(1-2-9(15)16)17-11(14-10)7-3-5-13-6-4-7/h3-6H,1-2H2,(H,15,16). The van der Waals surface area contributed by atoms with Crippen LogP contribution in [0.25, 0.3) is 10.6 Å². The molecule has 4 nitrogen and oxygen atoms in total. The van der Waals surface area contributed by atoms with Crippen molar-refractivity contribution in [3.63, 3.8) is 0 Å². The monoisotopic (exact) mass is 268 g/mol. The van der Waals surface area contributed by atoms with Crippen LogP contribution in [0.4, 0.5) is 0 Å². The minimum absolute atomic E-state index is 0.0672. The third-order valence-electron chi connectivity index (χ3n) is 2.14. The molecule has 0 unspecified atom stereocenters. The maximum absolute atomic E-state index is 10.5. The second-order valence-corrected chi connectivity index (χ2v) is 4.80. The van der Waals surface area contributed by atoms with Gasteiger partial charge in [-0.25, -0.2) is 4.98 Å². The molecule has 0 fully saturated rings. The summed E-state index contributed by atoms with van der Waals surface area (Å²) in [5, 5.41) is 9.80. The number of pyridine rings is 1. The smallest absolute Gasteiger partial charge is 0.303 e. The molecule has 6 heteroatoms. The summed E-state index contributed by atoms with van der Waals surface area (Å²) in [4.78, 5) is 19.4. The molecule has 0 atom stereocenters. The maximum Gasteiger partial charge on any atom is 0.303 e. The van der Waals surface area contributed by atoms with Crippen molar-refractivity contribution in [3.05, 3.63) is 34.6 Å². The average Bonchev–Trinajstić information content (AvgIpc) is 2.69. The summed E-state index contributed by atoms with van der Waals surface area (Å²) in [7, 11) is 0. The van der Waals surface area contributed by atoms with Crippen LogP contribution in [0.3, 0.4) is 0 Å². The predicted octanol–water partition coefficient (Wildman–Crippen LogP) is 2.88. The summed E-state index contributed by atoms with van der Waals surface area (Å²) in [6, 6.07) is 3.69. The number of carboxylic acids is 1. The summed E-state index contributed by atoms with van der Waals surface area (Å²) < 4.78 is 0. The fourth-order valence-corrected chi connectivity index (χ4v) is 2.63. The molecule has 88 valence electrons. The number of thiazole rings is 1. The molecule has 0 aromatic carbocycles. The molecule has 17 heavy (non-hydrogen) atoms. The lowest BCUT2D eigenvalue weighted by Crippen LogP contribution is -1.96. The lowest BCUT2D eigenvalue weighted by molar-refractivity contribution is -0.136. The van der Waals surface area contributed by atoms with Crippen LogP contribution in [-0.4, -0.2) is 21.0 Å². The van der Waals surface area contributed by atoms with Gasteiger partial charge in [0.2, 0.25) is 0 Å². The Morgan fingerprint density at radius 3 is 2.76 bits per heavy atom. The molecule has 0 saturated carbocycles. The molecule has 0 amide bonds. The first kappa shape index (κ1) is 12.0. The average molecular weight is 269 g/mol. The van der Waals surface area contributed by atoms with Gasteiger partial charge < -0.3 is 5.11 Å². The molecule has 1 N–H and O–H groups in total. The summed E-state index contributed by atoms with van der Waals surface area (Å²) in [6.45, 7) is 0. The number of aliphatic carboxylic acids is 1. The summed E-state index contributed by atoms with van der Waals surface area (Å²) >= 11 is 7.39. The van der Waals surface area contributed by atoms with E-state index in [9.17, 15) is 4.79 Å². The highest BCUT2D eigenvalue weighted by molar-refractivity contribution is 7.15. The second kappa shape index (κ2) is 5.25. The topological polar surface area (TPSA) is 63.1 Å². The van der Waals surface area contributed by atoms with Crippen LogP contribution in [-0.2, 0) is 11.2 Å². The molecule has 0 saturated heterocycles. The molecule has 0 bridgehead atoms. The van der Waals surface area contributed by atoms with Gasteiger partial charge in [-0.3, -0.25) is 9.78 Å². The lowest BCUT2D eigenvalue weighted by Gasteiger charge is -1.93.